The summed E-state index contributed by atoms with van der Waals surface area (Å²) in [5.41, 5.74) is 0.384. The number of ether oxygens (including phenoxy) is 1. The summed E-state index contributed by atoms with van der Waals surface area (Å²) in [6.07, 6.45) is 5.36. The van der Waals surface area contributed by atoms with Crippen LogP contribution in [0.25, 0.3) is 0 Å². The van der Waals surface area contributed by atoms with Crippen LogP contribution in [-0.4, -0.2) is 36.9 Å². The first kappa shape index (κ1) is 12.2. The first-order valence-electron chi connectivity index (χ1n) is 5.31. The molecule has 2 N–H and O–H groups in total. The fraction of sp³-hybridized carbons (Fsp3) is 0.727. The second-order valence-corrected chi connectivity index (χ2v) is 3.91. The Morgan fingerprint density at radius 2 is 2.33 bits per heavy atom. The van der Waals surface area contributed by atoms with Gasteiger partial charge in [-0.1, -0.05) is 6.08 Å². The van der Waals surface area contributed by atoms with Gasteiger partial charge < -0.3 is 15.2 Å². The molecular formula is C11H19NO3. The molecule has 4 nitrogen and oxygen atoms in total. The predicted octanol–water partition coefficient (Wildman–Crippen LogP) is 1.17. The minimum absolute atomic E-state index is 0.281. The Morgan fingerprint density at radius 1 is 1.60 bits per heavy atom. The van der Waals surface area contributed by atoms with Gasteiger partial charge in [0.2, 0.25) is 0 Å². The van der Waals surface area contributed by atoms with Gasteiger partial charge in [0.1, 0.15) is 0 Å². The van der Waals surface area contributed by atoms with Gasteiger partial charge in [-0.25, -0.2) is 4.79 Å². The van der Waals surface area contributed by atoms with Crippen LogP contribution in [0.4, 0.5) is 0 Å². The minimum Gasteiger partial charge on any atom is -0.478 e. The zero-order valence-electron chi connectivity index (χ0n) is 9.32. The van der Waals surface area contributed by atoms with Crippen LogP contribution in [0.15, 0.2) is 11.6 Å². The van der Waals surface area contributed by atoms with Gasteiger partial charge in [0.15, 0.2) is 0 Å². The lowest BCUT2D eigenvalue weighted by atomic mass is 10.2. The average Bonchev–Trinajstić information content (AvgIpc) is 2.65. The molecule has 0 aromatic heterocycles. The molecule has 0 amide bonds. The summed E-state index contributed by atoms with van der Waals surface area (Å²) in [4.78, 5) is 10.5. The van der Waals surface area contributed by atoms with E-state index in [-0.39, 0.29) is 6.10 Å². The number of rotatable bonds is 5. The van der Waals surface area contributed by atoms with E-state index < -0.39 is 5.97 Å². The van der Waals surface area contributed by atoms with E-state index in [1.165, 1.54) is 6.42 Å². The molecule has 0 aromatic carbocycles. The van der Waals surface area contributed by atoms with E-state index in [0.29, 0.717) is 18.2 Å². The molecule has 0 spiro atoms. The molecule has 0 bridgehead atoms. The third kappa shape index (κ3) is 3.64. The number of hydrogen-bond acceptors (Lipinski definition) is 3. The van der Waals surface area contributed by atoms with Crippen LogP contribution >= 0.6 is 0 Å². The van der Waals surface area contributed by atoms with Gasteiger partial charge in [-0.2, -0.15) is 0 Å². The molecular weight excluding hydrogens is 194 g/mol. The zero-order valence-corrected chi connectivity index (χ0v) is 9.32. The topological polar surface area (TPSA) is 58.6 Å². The molecule has 1 aliphatic rings. The van der Waals surface area contributed by atoms with Crippen LogP contribution < -0.4 is 5.32 Å². The van der Waals surface area contributed by atoms with Gasteiger partial charge in [-0.3, -0.25) is 0 Å². The Labute approximate surface area is 90.3 Å². The van der Waals surface area contributed by atoms with Gasteiger partial charge in [0.05, 0.1) is 6.10 Å². The summed E-state index contributed by atoms with van der Waals surface area (Å²) in [5.74, 6) is -0.855. The molecule has 1 aliphatic carbocycles. The zero-order chi connectivity index (χ0) is 11.3. The predicted molar refractivity (Wildman–Crippen MR) is 57.8 cm³/mol. The summed E-state index contributed by atoms with van der Waals surface area (Å²) >= 11 is 0. The number of methoxy groups -OCH3 is 1. The van der Waals surface area contributed by atoms with Gasteiger partial charge >= 0.3 is 5.97 Å². The second kappa shape index (κ2) is 5.88. The number of hydrogen-bond donors (Lipinski definition) is 2. The van der Waals surface area contributed by atoms with E-state index in [1.54, 1.807) is 20.1 Å². The molecule has 0 radical (unpaired) electrons. The van der Waals surface area contributed by atoms with Crippen LogP contribution in [-0.2, 0) is 9.53 Å². The fourth-order valence-electron chi connectivity index (χ4n) is 1.89. The Hall–Kier alpha value is -0.870. The van der Waals surface area contributed by atoms with E-state index in [4.69, 9.17) is 9.84 Å². The maximum absolute atomic E-state index is 10.5. The molecule has 0 aliphatic heterocycles. The largest absolute Gasteiger partial charge is 0.478 e. The van der Waals surface area contributed by atoms with Crippen LogP contribution in [0, 0.1) is 0 Å². The molecule has 2 atom stereocenters. The second-order valence-electron chi connectivity index (χ2n) is 3.91. The SMILES string of the molecule is COC1CCCC1NC/C=C(/C)C(=O)O. The highest BCUT2D eigenvalue weighted by atomic mass is 16.5. The lowest BCUT2D eigenvalue weighted by Gasteiger charge is -2.18. The van der Waals surface area contributed by atoms with Gasteiger partial charge in [-0.15, -0.1) is 0 Å². The quantitative estimate of drug-likeness (QED) is 0.673. The van der Waals surface area contributed by atoms with Crippen molar-refractivity contribution < 1.29 is 14.6 Å². The van der Waals surface area contributed by atoms with Crippen LogP contribution in [0.3, 0.4) is 0 Å². The van der Waals surface area contributed by atoms with E-state index in [2.05, 4.69) is 5.32 Å². The molecule has 4 heteroatoms. The van der Waals surface area contributed by atoms with Crippen LogP contribution in [0.5, 0.6) is 0 Å². The normalized spacial score (nSPS) is 26.9. The van der Waals surface area contributed by atoms with E-state index in [9.17, 15) is 4.79 Å². The molecule has 86 valence electrons. The Morgan fingerprint density at radius 3 is 2.93 bits per heavy atom. The minimum atomic E-state index is -0.855. The van der Waals surface area contributed by atoms with Crippen molar-refractivity contribution in [3.05, 3.63) is 11.6 Å². The number of aliphatic carboxylic acids is 1. The van der Waals surface area contributed by atoms with Crippen molar-refractivity contribution in [1.29, 1.82) is 0 Å². The maximum atomic E-state index is 10.5. The lowest BCUT2D eigenvalue weighted by molar-refractivity contribution is -0.132. The Bertz CT molecular complexity index is 250. The van der Waals surface area contributed by atoms with Crippen molar-refractivity contribution in [2.45, 2.75) is 38.3 Å². The fourth-order valence-corrected chi connectivity index (χ4v) is 1.89. The summed E-state index contributed by atoms with van der Waals surface area (Å²) < 4.78 is 5.33. The van der Waals surface area contributed by atoms with E-state index >= 15 is 0 Å². The van der Waals surface area contributed by atoms with E-state index in [1.807, 2.05) is 0 Å². The van der Waals surface area contributed by atoms with Crippen molar-refractivity contribution in [2.75, 3.05) is 13.7 Å². The smallest absolute Gasteiger partial charge is 0.330 e. The van der Waals surface area contributed by atoms with Gasteiger partial charge in [0, 0.05) is 25.3 Å². The third-order valence-electron chi connectivity index (χ3n) is 2.88. The van der Waals surface area contributed by atoms with E-state index in [0.717, 1.165) is 12.8 Å². The highest BCUT2D eigenvalue weighted by molar-refractivity contribution is 5.85. The van der Waals surface area contributed by atoms with Crippen molar-refractivity contribution in [3.8, 4) is 0 Å². The summed E-state index contributed by atoms with van der Waals surface area (Å²) in [7, 11) is 1.73. The average molecular weight is 213 g/mol. The van der Waals surface area contributed by atoms with Gasteiger partial charge in [-0.05, 0) is 26.2 Å². The lowest BCUT2D eigenvalue weighted by Crippen LogP contribution is -2.36. The number of nitrogens with one attached hydrogen (secondary N) is 1. The summed E-state index contributed by atoms with van der Waals surface area (Å²) in [5, 5.41) is 12.0. The van der Waals surface area contributed by atoms with Crippen molar-refractivity contribution in [1.82, 2.24) is 5.32 Å². The molecule has 0 heterocycles. The summed E-state index contributed by atoms with van der Waals surface area (Å²) in [6, 6.07) is 0.368. The van der Waals surface area contributed by atoms with Crippen molar-refractivity contribution >= 4 is 5.97 Å². The first-order valence-corrected chi connectivity index (χ1v) is 5.31. The third-order valence-corrected chi connectivity index (χ3v) is 2.88. The summed E-state index contributed by atoms with van der Waals surface area (Å²) in [6.45, 7) is 2.20. The van der Waals surface area contributed by atoms with Crippen LogP contribution in [0.2, 0.25) is 0 Å². The molecule has 1 fully saturated rings. The van der Waals surface area contributed by atoms with Gasteiger partial charge in [0.25, 0.3) is 0 Å². The van der Waals surface area contributed by atoms with Crippen LogP contribution in [0.1, 0.15) is 26.2 Å². The highest BCUT2D eigenvalue weighted by Gasteiger charge is 2.25. The monoisotopic (exact) mass is 213 g/mol. The number of carbonyl (C=O) groups is 1. The highest BCUT2D eigenvalue weighted by Crippen LogP contribution is 2.21. The maximum Gasteiger partial charge on any atom is 0.330 e. The Balaban J connectivity index is 2.31. The number of carboxylic acid groups (broad SMARTS) is 1. The molecule has 1 saturated carbocycles. The molecule has 15 heavy (non-hydrogen) atoms. The molecule has 0 saturated heterocycles. The molecule has 2 unspecified atom stereocenters. The Kier molecular flexibility index (Phi) is 4.78. The molecule has 0 aromatic rings. The number of carboxylic acids is 1. The molecule has 1 rings (SSSR count). The standard InChI is InChI=1S/C11H19NO3/c1-8(11(13)14)6-7-12-9-4-3-5-10(9)15-2/h6,9-10,12H,3-5,7H2,1-2H3,(H,13,14)/b8-6-. The van der Waals surface area contributed by atoms with Crippen molar-refractivity contribution in [3.63, 3.8) is 0 Å². The first-order chi connectivity index (χ1) is 7.15. The van der Waals surface area contributed by atoms with Crippen molar-refractivity contribution in [2.24, 2.45) is 0 Å².